The van der Waals surface area contributed by atoms with E-state index in [0.29, 0.717) is 0 Å². The Morgan fingerprint density at radius 1 is 1.54 bits per heavy atom. The lowest BCUT2D eigenvalue weighted by molar-refractivity contribution is 0.816. The van der Waals surface area contributed by atoms with Gasteiger partial charge in [0.05, 0.1) is 11.4 Å². The Morgan fingerprint density at radius 2 is 2.38 bits per heavy atom. The maximum absolute atomic E-state index is 5.72. The second kappa shape index (κ2) is 5.36. The van der Waals surface area contributed by atoms with Gasteiger partial charge in [0.25, 0.3) is 0 Å². The number of nitrogen functional groups attached to an aromatic ring is 1. The van der Waals surface area contributed by atoms with Crippen molar-refractivity contribution < 1.29 is 0 Å². The van der Waals surface area contributed by atoms with E-state index >= 15 is 0 Å². The maximum Gasteiger partial charge on any atom is 0.0855 e. The van der Waals surface area contributed by atoms with Crippen molar-refractivity contribution in [2.24, 2.45) is 0 Å². The Balaban J connectivity index is 2.53. The summed E-state index contributed by atoms with van der Waals surface area (Å²) in [5.74, 6) is 0. The van der Waals surface area contributed by atoms with Crippen LogP contribution in [0.4, 0.5) is 5.69 Å². The van der Waals surface area contributed by atoms with Crippen LogP contribution in [0.3, 0.4) is 0 Å². The first-order valence-electron chi connectivity index (χ1n) is 4.71. The van der Waals surface area contributed by atoms with Gasteiger partial charge in [-0.3, -0.25) is 4.98 Å². The highest BCUT2D eigenvalue weighted by Gasteiger charge is 1.91. The highest BCUT2D eigenvalue weighted by molar-refractivity contribution is 5.59. The van der Waals surface area contributed by atoms with E-state index in [0.717, 1.165) is 17.8 Å². The molecule has 0 aromatic carbocycles. The normalized spacial score (nSPS) is 10.8. The van der Waals surface area contributed by atoms with Gasteiger partial charge in [0.15, 0.2) is 0 Å². The topological polar surface area (TPSA) is 38.9 Å². The molecule has 2 N–H and O–H groups in total. The molecule has 13 heavy (non-hydrogen) atoms. The van der Waals surface area contributed by atoms with Crippen LogP contribution in [0.15, 0.2) is 24.4 Å². The van der Waals surface area contributed by atoms with Crippen LogP contribution in [0.1, 0.15) is 31.9 Å². The Labute approximate surface area is 79.5 Å². The Hall–Kier alpha value is -1.31. The van der Waals surface area contributed by atoms with Crippen molar-refractivity contribution in [1.82, 2.24) is 4.98 Å². The average molecular weight is 176 g/mol. The molecular formula is C11H16N2. The molecule has 0 fully saturated rings. The summed E-state index contributed by atoms with van der Waals surface area (Å²) in [7, 11) is 0. The van der Waals surface area contributed by atoms with Crippen molar-refractivity contribution in [3.63, 3.8) is 0 Å². The molecule has 0 bridgehead atoms. The number of unbranched alkanes of at least 4 members (excludes halogenated alkanes) is 2. The molecule has 0 atom stereocenters. The van der Waals surface area contributed by atoms with Crippen molar-refractivity contribution in [3.05, 3.63) is 30.1 Å². The van der Waals surface area contributed by atoms with Crippen molar-refractivity contribution in [2.45, 2.75) is 26.2 Å². The monoisotopic (exact) mass is 176 g/mol. The Bertz CT molecular complexity index is 279. The van der Waals surface area contributed by atoms with E-state index in [1.807, 2.05) is 18.2 Å². The number of pyridine rings is 1. The minimum absolute atomic E-state index is 0.746. The van der Waals surface area contributed by atoms with Gasteiger partial charge in [-0.05, 0) is 24.6 Å². The number of anilines is 1. The first-order chi connectivity index (χ1) is 6.34. The molecule has 0 spiro atoms. The number of nitrogens with zero attached hydrogens (tertiary/aromatic N) is 1. The van der Waals surface area contributed by atoms with Crippen LogP contribution in [0.2, 0.25) is 0 Å². The lowest BCUT2D eigenvalue weighted by atomic mass is 10.2. The van der Waals surface area contributed by atoms with Gasteiger partial charge in [-0.1, -0.05) is 25.8 Å². The van der Waals surface area contributed by atoms with E-state index in [1.54, 1.807) is 6.20 Å². The van der Waals surface area contributed by atoms with Crippen molar-refractivity contribution in [2.75, 3.05) is 5.73 Å². The first kappa shape index (κ1) is 9.78. The van der Waals surface area contributed by atoms with Crippen LogP contribution in [-0.2, 0) is 0 Å². The molecule has 1 rings (SSSR count). The predicted octanol–water partition coefficient (Wildman–Crippen LogP) is 2.87. The summed E-state index contributed by atoms with van der Waals surface area (Å²) in [5, 5.41) is 0. The summed E-state index contributed by atoms with van der Waals surface area (Å²) >= 11 is 0. The number of allylic oxidation sites excluding steroid dienone is 1. The van der Waals surface area contributed by atoms with Crippen LogP contribution in [0.25, 0.3) is 6.08 Å². The number of hydrogen-bond acceptors (Lipinski definition) is 2. The van der Waals surface area contributed by atoms with Gasteiger partial charge in [-0.25, -0.2) is 0 Å². The summed E-state index contributed by atoms with van der Waals surface area (Å²) in [5.41, 5.74) is 7.34. The van der Waals surface area contributed by atoms with Gasteiger partial charge in [0.1, 0.15) is 0 Å². The first-order valence-corrected chi connectivity index (χ1v) is 4.71. The van der Waals surface area contributed by atoms with E-state index in [2.05, 4.69) is 18.0 Å². The molecule has 0 aliphatic rings. The maximum atomic E-state index is 5.72. The summed E-state index contributed by atoms with van der Waals surface area (Å²) in [6, 6.07) is 3.71. The standard InChI is InChI=1S/C11H16N2/c1-2-3-4-5-8-11-10(12)7-6-9-13-11/h5-9H,2-4,12H2,1H3. The van der Waals surface area contributed by atoms with Crippen molar-refractivity contribution in [1.29, 1.82) is 0 Å². The molecule has 1 aromatic rings. The summed E-state index contributed by atoms with van der Waals surface area (Å²) in [6.45, 7) is 2.18. The molecule has 70 valence electrons. The third-order valence-electron chi connectivity index (χ3n) is 1.87. The fourth-order valence-electron chi connectivity index (χ4n) is 1.09. The lowest BCUT2D eigenvalue weighted by Crippen LogP contribution is -1.90. The fourth-order valence-corrected chi connectivity index (χ4v) is 1.09. The minimum Gasteiger partial charge on any atom is -0.397 e. The highest BCUT2D eigenvalue weighted by atomic mass is 14.7. The second-order valence-electron chi connectivity index (χ2n) is 3.02. The van der Waals surface area contributed by atoms with Crippen LogP contribution in [-0.4, -0.2) is 4.98 Å². The summed E-state index contributed by atoms with van der Waals surface area (Å²) in [4.78, 5) is 4.16. The van der Waals surface area contributed by atoms with E-state index in [9.17, 15) is 0 Å². The van der Waals surface area contributed by atoms with E-state index < -0.39 is 0 Å². The van der Waals surface area contributed by atoms with Gasteiger partial charge in [0.2, 0.25) is 0 Å². The molecule has 0 unspecified atom stereocenters. The van der Waals surface area contributed by atoms with E-state index in [-0.39, 0.29) is 0 Å². The zero-order valence-electron chi connectivity index (χ0n) is 8.03. The summed E-state index contributed by atoms with van der Waals surface area (Å²) in [6.07, 6.45) is 9.43. The fraction of sp³-hybridized carbons (Fsp3) is 0.364. The minimum atomic E-state index is 0.746. The van der Waals surface area contributed by atoms with Gasteiger partial charge >= 0.3 is 0 Å². The highest BCUT2D eigenvalue weighted by Crippen LogP contribution is 2.09. The molecular weight excluding hydrogens is 160 g/mol. The number of hydrogen-bond donors (Lipinski definition) is 1. The Kier molecular flexibility index (Phi) is 4.03. The third-order valence-corrected chi connectivity index (χ3v) is 1.87. The molecule has 1 aromatic heterocycles. The molecule has 2 nitrogen and oxygen atoms in total. The molecule has 2 heteroatoms. The molecule has 0 saturated heterocycles. The molecule has 0 saturated carbocycles. The zero-order valence-corrected chi connectivity index (χ0v) is 8.03. The van der Waals surface area contributed by atoms with Crippen LogP contribution in [0.5, 0.6) is 0 Å². The van der Waals surface area contributed by atoms with Crippen LogP contribution in [0, 0.1) is 0 Å². The smallest absolute Gasteiger partial charge is 0.0855 e. The lowest BCUT2D eigenvalue weighted by Gasteiger charge is -1.96. The third kappa shape index (κ3) is 3.28. The number of rotatable bonds is 4. The number of nitrogens with two attached hydrogens (primary N) is 1. The van der Waals surface area contributed by atoms with E-state index in [1.165, 1.54) is 12.8 Å². The van der Waals surface area contributed by atoms with E-state index in [4.69, 9.17) is 5.73 Å². The largest absolute Gasteiger partial charge is 0.397 e. The van der Waals surface area contributed by atoms with Crippen molar-refractivity contribution >= 4 is 11.8 Å². The predicted molar refractivity (Wildman–Crippen MR) is 57.2 cm³/mol. The molecule has 0 aliphatic heterocycles. The molecule has 1 heterocycles. The van der Waals surface area contributed by atoms with Crippen LogP contribution < -0.4 is 5.73 Å². The van der Waals surface area contributed by atoms with Gasteiger partial charge in [0, 0.05) is 6.20 Å². The summed E-state index contributed by atoms with van der Waals surface area (Å²) < 4.78 is 0. The Morgan fingerprint density at radius 3 is 3.08 bits per heavy atom. The SMILES string of the molecule is CCCCC=Cc1ncccc1N. The molecule has 0 aliphatic carbocycles. The van der Waals surface area contributed by atoms with Gasteiger partial charge < -0.3 is 5.73 Å². The molecule has 0 amide bonds. The molecule has 0 radical (unpaired) electrons. The zero-order chi connectivity index (χ0) is 9.52. The quantitative estimate of drug-likeness (QED) is 0.716. The van der Waals surface area contributed by atoms with Gasteiger partial charge in [-0.2, -0.15) is 0 Å². The number of aromatic nitrogens is 1. The second-order valence-corrected chi connectivity index (χ2v) is 3.02. The van der Waals surface area contributed by atoms with Crippen LogP contribution >= 0.6 is 0 Å². The average Bonchev–Trinajstić information content (AvgIpc) is 2.15. The van der Waals surface area contributed by atoms with Gasteiger partial charge in [-0.15, -0.1) is 0 Å². The van der Waals surface area contributed by atoms with Crippen molar-refractivity contribution in [3.8, 4) is 0 Å².